The van der Waals surface area contributed by atoms with E-state index in [1.165, 1.54) is 4.68 Å². The van der Waals surface area contributed by atoms with Crippen molar-refractivity contribution in [3.8, 4) is 17.2 Å². The first-order valence-corrected chi connectivity index (χ1v) is 18.3. The van der Waals surface area contributed by atoms with Gasteiger partial charge < -0.3 is 14.8 Å². The van der Waals surface area contributed by atoms with Crippen LogP contribution >= 0.6 is 23.2 Å². The lowest BCUT2D eigenvalue weighted by Gasteiger charge is -2.39. The van der Waals surface area contributed by atoms with Crippen LogP contribution in [-0.4, -0.2) is 49.3 Å². The third kappa shape index (κ3) is 5.22. The van der Waals surface area contributed by atoms with Crippen molar-refractivity contribution in [2.75, 3.05) is 13.1 Å². The van der Waals surface area contributed by atoms with Gasteiger partial charge in [-0.25, -0.2) is 9.37 Å². The van der Waals surface area contributed by atoms with Crippen molar-refractivity contribution in [1.82, 2.24) is 29.5 Å². The standard InChI is InChI=1S/C38H33Cl2F4N7O/c1-18-25-13-30(29-12-23(17-49(29)37(52)19-7-8-19)50-16-22(15-47-50)38(42,43)44)51(35-21-11-28(35)46-14-21)36(25)26-10-20(4-3-9-45)31(33(41)34(26)48-18)24-5-2-6-27(39)32(24)40/h2,5-6,10,13,15-16,19,21,23,28-29,35,46H,3-4,7-8,11-12,14,17H2,1H3. The summed E-state index contributed by atoms with van der Waals surface area (Å²) in [5, 5.41) is 19.2. The summed E-state index contributed by atoms with van der Waals surface area (Å²) < 4.78 is 61.5. The SMILES string of the molecule is Cc1nc2c(F)c(-c3cccc(Cl)c3Cl)c(CCC#N)cc2c2c1cc(C1CC(n3cc(C(F)(F)F)cn3)CN1C(=O)C1CC1)n2C1C2CNC1C2. The zero-order valence-electron chi connectivity index (χ0n) is 28.0. The van der Waals surface area contributed by atoms with Crippen LogP contribution in [-0.2, 0) is 17.4 Å². The van der Waals surface area contributed by atoms with Gasteiger partial charge in [0, 0.05) is 71.0 Å². The summed E-state index contributed by atoms with van der Waals surface area (Å²) in [5.41, 5.74) is 2.85. The molecular formula is C38H33Cl2F4N7O. The molecular weight excluding hydrogens is 717 g/mol. The van der Waals surface area contributed by atoms with Crippen molar-refractivity contribution < 1.29 is 22.4 Å². The number of aromatic nitrogens is 4. The number of nitrogens with one attached hydrogen (secondary N) is 1. The first-order chi connectivity index (χ1) is 24.9. The summed E-state index contributed by atoms with van der Waals surface area (Å²) in [5.74, 6) is -0.369. The maximum Gasteiger partial charge on any atom is 0.419 e. The molecule has 5 fully saturated rings. The Labute approximate surface area is 306 Å². The number of halogens is 6. The molecule has 5 aliphatic rings. The highest BCUT2D eigenvalue weighted by molar-refractivity contribution is 6.43. The fourth-order valence-corrected chi connectivity index (χ4v) is 9.27. The first kappa shape index (κ1) is 33.6. The second-order valence-corrected chi connectivity index (χ2v) is 15.4. The molecule has 2 saturated carbocycles. The summed E-state index contributed by atoms with van der Waals surface area (Å²) >= 11 is 13.0. The van der Waals surface area contributed by atoms with Gasteiger partial charge in [-0.2, -0.15) is 23.5 Å². The second kappa shape index (κ2) is 12.2. The van der Waals surface area contributed by atoms with Crippen LogP contribution < -0.4 is 5.32 Å². The Hall–Kier alpha value is -4.18. The topological polar surface area (TPSA) is 91.8 Å². The van der Waals surface area contributed by atoms with E-state index in [4.69, 9.17) is 28.2 Å². The van der Waals surface area contributed by atoms with Crippen LogP contribution in [0.15, 0.2) is 42.7 Å². The monoisotopic (exact) mass is 749 g/mol. The lowest BCUT2D eigenvalue weighted by molar-refractivity contribution is -0.137. The highest BCUT2D eigenvalue weighted by Crippen LogP contribution is 2.52. The van der Waals surface area contributed by atoms with Crippen molar-refractivity contribution in [1.29, 1.82) is 5.26 Å². The molecule has 14 heteroatoms. The Kier molecular flexibility index (Phi) is 7.88. The molecule has 8 nitrogen and oxygen atoms in total. The van der Waals surface area contributed by atoms with Crippen LogP contribution in [0.25, 0.3) is 32.9 Å². The molecule has 10 rings (SSSR count). The number of carbonyl (C=O) groups excluding carboxylic acids is 1. The minimum atomic E-state index is -4.53. The third-order valence-corrected chi connectivity index (χ3v) is 12.4. The Balaban J connectivity index is 1.27. The van der Waals surface area contributed by atoms with Crippen molar-refractivity contribution in [2.24, 2.45) is 11.8 Å². The number of benzene rings is 2. The van der Waals surface area contributed by atoms with Gasteiger partial charge in [0.05, 0.1) is 51.5 Å². The van der Waals surface area contributed by atoms with Gasteiger partial charge in [-0.3, -0.25) is 9.48 Å². The van der Waals surface area contributed by atoms with Crippen LogP contribution in [0.4, 0.5) is 17.6 Å². The van der Waals surface area contributed by atoms with Crippen LogP contribution in [0.5, 0.6) is 0 Å². The zero-order chi connectivity index (χ0) is 36.2. The van der Waals surface area contributed by atoms with E-state index < -0.39 is 29.6 Å². The van der Waals surface area contributed by atoms with E-state index >= 15 is 4.39 Å². The van der Waals surface area contributed by atoms with Crippen molar-refractivity contribution >= 4 is 50.9 Å². The maximum absolute atomic E-state index is 17.1. The summed E-state index contributed by atoms with van der Waals surface area (Å²) in [4.78, 5) is 20.6. The van der Waals surface area contributed by atoms with E-state index in [0.717, 1.165) is 54.8 Å². The molecule has 2 aliphatic carbocycles. The second-order valence-electron chi connectivity index (χ2n) is 14.7. The molecule has 5 unspecified atom stereocenters. The highest BCUT2D eigenvalue weighted by Gasteiger charge is 2.51. The Morgan fingerprint density at radius 2 is 1.96 bits per heavy atom. The quantitative estimate of drug-likeness (QED) is 0.168. The van der Waals surface area contributed by atoms with E-state index in [0.29, 0.717) is 34.5 Å². The lowest BCUT2D eigenvalue weighted by Crippen LogP contribution is -2.41. The van der Waals surface area contributed by atoms with Crippen LogP contribution in [0.2, 0.25) is 10.0 Å². The zero-order valence-corrected chi connectivity index (χ0v) is 29.5. The molecule has 5 atom stereocenters. The van der Waals surface area contributed by atoms with Crippen molar-refractivity contribution in [3.63, 3.8) is 0 Å². The minimum absolute atomic E-state index is 0.00482. The molecule has 2 bridgehead atoms. The predicted molar refractivity (Wildman–Crippen MR) is 188 cm³/mol. The van der Waals surface area contributed by atoms with Gasteiger partial charge in [0.1, 0.15) is 5.52 Å². The van der Waals surface area contributed by atoms with E-state index in [2.05, 4.69) is 21.1 Å². The normalized spacial score (nSPS) is 24.2. The highest BCUT2D eigenvalue weighted by atomic mass is 35.5. The smallest absolute Gasteiger partial charge is 0.337 e. The number of likely N-dealkylation sites (tertiary alicyclic amines) is 1. The fraction of sp³-hybridized carbons (Fsp3) is 0.421. The number of rotatable bonds is 7. The molecule has 0 radical (unpaired) electrons. The molecule has 3 aromatic heterocycles. The average molecular weight is 751 g/mol. The Morgan fingerprint density at radius 3 is 2.63 bits per heavy atom. The molecule has 3 saturated heterocycles. The number of nitriles is 1. The first-order valence-electron chi connectivity index (χ1n) is 17.6. The van der Waals surface area contributed by atoms with Gasteiger partial charge in [0.2, 0.25) is 5.91 Å². The number of nitrogens with zero attached hydrogens (tertiary/aromatic N) is 6. The Morgan fingerprint density at radius 1 is 1.15 bits per heavy atom. The summed E-state index contributed by atoms with van der Waals surface area (Å²) in [6.45, 7) is 2.89. The molecule has 0 spiro atoms. The molecule has 268 valence electrons. The maximum atomic E-state index is 17.1. The number of hydrogen-bond acceptors (Lipinski definition) is 5. The van der Waals surface area contributed by atoms with Gasteiger partial charge in [0.25, 0.3) is 0 Å². The van der Waals surface area contributed by atoms with E-state index in [1.807, 2.05) is 24.0 Å². The van der Waals surface area contributed by atoms with E-state index in [-0.39, 0.29) is 64.4 Å². The van der Waals surface area contributed by atoms with Crippen molar-refractivity contribution in [2.45, 2.75) is 75.8 Å². The predicted octanol–water partition coefficient (Wildman–Crippen LogP) is 8.74. The van der Waals surface area contributed by atoms with Gasteiger partial charge >= 0.3 is 6.18 Å². The number of amides is 1. The molecule has 6 heterocycles. The fourth-order valence-electron chi connectivity index (χ4n) is 8.88. The molecule has 1 amide bonds. The number of carbonyl (C=O) groups is 1. The molecule has 5 aromatic rings. The summed E-state index contributed by atoms with van der Waals surface area (Å²) in [6, 6.07) is 10.5. The van der Waals surface area contributed by atoms with Gasteiger partial charge in [-0.05, 0) is 68.7 Å². The Bertz CT molecular complexity index is 2330. The molecule has 3 aliphatic heterocycles. The van der Waals surface area contributed by atoms with Crippen LogP contribution in [0.1, 0.15) is 72.7 Å². The number of aryl methyl sites for hydroxylation is 2. The number of hydrogen-bond donors (Lipinski definition) is 1. The van der Waals surface area contributed by atoms with Crippen LogP contribution in [0, 0.1) is 35.9 Å². The number of fused-ring (bicyclic) bond motifs is 4. The average Bonchev–Trinajstić information content (AvgIpc) is 3.61. The molecule has 1 N–H and O–H groups in total. The number of alkyl halides is 3. The lowest BCUT2D eigenvalue weighted by atomic mass is 9.79. The minimum Gasteiger partial charge on any atom is -0.337 e. The molecule has 52 heavy (non-hydrogen) atoms. The van der Waals surface area contributed by atoms with E-state index in [9.17, 15) is 23.2 Å². The largest absolute Gasteiger partial charge is 0.419 e. The van der Waals surface area contributed by atoms with Gasteiger partial charge in [-0.15, -0.1) is 0 Å². The van der Waals surface area contributed by atoms with Crippen LogP contribution in [0.3, 0.4) is 0 Å². The van der Waals surface area contributed by atoms with E-state index in [1.54, 1.807) is 18.2 Å². The summed E-state index contributed by atoms with van der Waals surface area (Å²) in [7, 11) is 0. The number of pyridine rings is 1. The van der Waals surface area contributed by atoms with Gasteiger partial charge in [0.15, 0.2) is 5.82 Å². The van der Waals surface area contributed by atoms with Gasteiger partial charge in [-0.1, -0.05) is 35.3 Å². The summed E-state index contributed by atoms with van der Waals surface area (Å²) in [6.07, 6.45) is 0.643. The third-order valence-electron chi connectivity index (χ3n) is 11.6. The molecule has 2 aromatic carbocycles. The van der Waals surface area contributed by atoms with Crippen molar-refractivity contribution in [3.05, 3.63) is 81.1 Å².